The van der Waals surface area contributed by atoms with Gasteiger partial charge < -0.3 is 10.2 Å². The van der Waals surface area contributed by atoms with Crippen LogP contribution in [0.1, 0.15) is 18.4 Å². The van der Waals surface area contributed by atoms with Gasteiger partial charge in [-0.1, -0.05) is 29.4 Å². The molecule has 0 spiro atoms. The van der Waals surface area contributed by atoms with Crippen LogP contribution in [0, 0.1) is 6.92 Å². The molecule has 0 bridgehead atoms. The minimum absolute atomic E-state index is 0.102. The zero-order valence-electron chi connectivity index (χ0n) is 13.5. The van der Waals surface area contributed by atoms with Gasteiger partial charge in [-0.15, -0.1) is 0 Å². The molecule has 2 heterocycles. The van der Waals surface area contributed by atoms with Crippen LogP contribution in [0.3, 0.4) is 0 Å². The fraction of sp³-hybridized carbons (Fsp3) is 0.353. The molecule has 3 rings (SSSR count). The predicted octanol–water partition coefficient (Wildman–Crippen LogP) is 3.77. The summed E-state index contributed by atoms with van der Waals surface area (Å²) in [4.78, 5) is 23.1. The lowest BCUT2D eigenvalue weighted by atomic mass is 10.2. The maximum atomic E-state index is 12.1. The number of aromatic nitrogens is 2. The molecule has 1 aliphatic heterocycles. The van der Waals surface area contributed by atoms with Gasteiger partial charge in [0, 0.05) is 30.0 Å². The summed E-state index contributed by atoms with van der Waals surface area (Å²) in [6.45, 7) is 4.00. The van der Waals surface area contributed by atoms with E-state index in [4.69, 9.17) is 11.6 Å². The maximum Gasteiger partial charge on any atom is 0.234 e. The van der Waals surface area contributed by atoms with E-state index in [-0.39, 0.29) is 11.7 Å². The molecule has 1 amide bonds. The lowest BCUT2D eigenvalue weighted by Crippen LogP contribution is -2.19. The van der Waals surface area contributed by atoms with E-state index in [0.717, 1.165) is 24.5 Å². The van der Waals surface area contributed by atoms with E-state index in [9.17, 15) is 4.79 Å². The number of nitrogens with one attached hydrogen (secondary N) is 1. The third-order valence-corrected chi connectivity index (χ3v) is 5.11. The topological polar surface area (TPSA) is 58.1 Å². The third kappa shape index (κ3) is 4.39. The van der Waals surface area contributed by atoms with E-state index in [1.807, 2.05) is 25.1 Å². The van der Waals surface area contributed by atoms with E-state index in [1.54, 1.807) is 12.3 Å². The smallest absolute Gasteiger partial charge is 0.234 e. The van der Waals surface area contributed by atoms with Crippen molar-refractivity contribution in [3.63, 3.8) is 0 Å². The Hall–Kier alpha value is -1.79. The highest BCUT2D eigenvalue weighted by Gasteiger charge is 2.14. The number of hydrogen-bond donors (Lipinski definition) is 1. The number of carbonyl (C=O) groups is 1. The van der Waals surface area contributed by atoms with Gasteiger partial charge in [0.25, 0.3) is 0 Å². The number of benzene rings is 1. The minimum atomic E-state index is -0.102. The van der Waals surface area contributed by atoms with E-state index in [0.29, 0.717) is 15.9 Å². The van der Waals surface area contributed by atoms with E-state index in [1.165, 1.54) is 24.6 Å². The van der Waals surface area contributed by atoms with Crippen molar-refractivity contribution < 1.29 is 4.79 Å². The van der Waals surface area contributed by atoms with Gasteiger partial charge in [0.15, 0.2) is 5.16 Å². The highest BCUT2D eigenvalue weighted by atomic mass is 35.5. The van der Waals surface area contributed by atoms with E-state index < -0.39 is 0 Å². The Labute approximate surface area is 150 Å². The Balaban J connectivity index is 1.55. The van der Waals surface area contributed by atoms with Crippen molar-refractivity contribution in [2.24, 2.45) is 0 Å². The molecule has 1 aromatic carbocycles. The van der Waals surface area contributed by atoms with Gasteiger partial charge >= 0.3 is 0 Å². The Bertz CT molecular complexity index is 734. The Morgan fingerprint density at radius 3 is 2.88 bits per heavy atom. The van der Waals surface area contributed by atoms with Crippen molar-refractivity contribution in [2.45, 2.75) is 24.9 Å². The second-order valence-electron chi connectivity index (χ2n) is 5.69. The molecule has 1 fully saturated rings. The summed E-state index contributed by atoms with van der Waals surface area (Å²) in [6.07, 6.45) is 4.16. The Morgan fingerprint density at radius 1 is 1.33 bits per heavy atom. The number of halogens is 1. The van der Waals surface area contributed by atoms with Crippen LogP contribution in [0.2, 0.25) is 5.02 Å². The van der Waals surface area contributed by atoms with Gasteiger partial charge in [0.1, 0.15) is 5.82 Å². The first-order valence-electron chi connectivity index (χ1n) is 7.88. The van der Waals surface area contributed by atoms with Gasteiger partial charge in [0.2, 0.25) is 5.91 Å². The highest BCUT2D eigenvalue weighted by molar-refractivity contribution is 7.99. The molecule has 7 heteroatoms. The van der Waals surface area contributed by atoms with Crippen LogP contribution < -0.4 is 10.2 Å². The number of amides is 1. The summed E-state index contributed by atoms with van der Waals surface area (Å²) in [5.74, 6) is 1.10. The molecule has 5 nitrogen and oxygen atoms in total. The lowest BCUT2D eigenvalue weighted by molar-refractivity contribution is -0.113. The number of thioether (sulfide) groups is 1. The molecule has 126 valence electrons. The molecule has 0 radical (unpaired) electrons. The molecule has 1 aromatic heterocycles. The van der Waals surface area contributed by atoms with Crippen molar-refractivity contribution in [2.75, 3.05) is 29.1 Å². The normalized spacial score (nSPS) is 14.0. The first-order valence-corrected chi connectivity index (χ1v) is 9.25. The molecular formula is C17H19ClN4OS. The van der Waals surface area contributed by atoms with Crippen LogP contribution in [-0.4, -0.2) is 34.7 Å². The largest absolute Gasteiger partial charge is 0.356 e. The lowest BCUT2D eigenvalue weighted by Gasteiger charge is -2.16. The van der Waals surface area contributed by atoms with Crippen molar-refractivity contribution in [3.8, 4) is 0 Å². The summed E-state index contributed by atoms with van der Waals surface area (Å²) in [5.41, 5.74) is 1.68. The monoisotopic (exact) mass is 362 g/mol. The molecule has 0 aliphatic carbocycles. The van der Waals surface area contributed by atoms with Gasteiger partial charge in [-0.25, -0.2) is 9.97 Å². The van der Waals surface area contributed by atoms with Crippen LogP contribution in [0.5, 0.6) is 0 Å². The molecular weight excluding hydrogens is 344 g/mol. The zero-order valence-corrected chi connectivity index (χ0v) is 15.0. The number of carbonyl (C=O) groups excluding carboxylic acids is 1. The summed E-state index contributed by atoms with van der Waals surface area (Å²) < 4.78 is 0. The average molecular weight is 363 g/mol. The molecule has 0 unspecified atom stereocenters. The molecule has 1 aliphatic rings. The molecule has 2 aromatic rings. The number of nitrogens with zero attached hydrogens (tertiary/aromatic N) is 3. The summed E-state index contributed by atoms with van der Waals surface area (Å²) in [5, 5.41) is 4.10. The average Bonchev–Trinajstić information content (AvgIpc) is 3.11. The number of hydrogen-bond acceptors (Lipinski definition) is 5. The predicted molar refractivity (Wildman–Crippen MR) is 99.0 cm³/mol. The van der Waals surface area contributed by atoms with Crippen LogP contribution in [0.4, 0.5) is 11.5 Å². The van der Waals surface area contributed by atoms with Crippen LogP contribution in [0.15, 0.2) is 35.6 Å². The third-order valence-electron chi connectivity index (χ3n) is 3.84. The van der Waals surface area contributed by atoms with Crippen molar-refractivity contribution >= 4 is 40.8 Å². The highest BCUT2D eigenvalue weighted by Crippen LogP contribution is 2.22. The Kier molecular flexibility index (Phi) is 5.58. The van der Waals surface area contributed by atoms with E-state index in [2.05, 4.69) is 20.2 Å². The number of anilines is 2. The SMILES string of the molecule is Cc1ccc(NC(=O)CSc2nccc(N3CCCC3)n2)cc1Cl. The minimum Gasteiger partial charge on any atom is -0.356 e. The molecule has 1 saturated heterocycles. The van der Waals surface area contributed by atoms with Crippen molar-refractivity contribution in [1.29, 1.82) is 0 Å². The molecule has 0 saturated carbocycles. The number of rotatable bonds is 5. The van der Waals surface area contributed by atoms with Gasteiger partial charge in [-0.05, 0) is 43.5 Å². The van der Waals surface area contributed by atoms with Crippen LogP contribution in [0.25, 0.3) is 0 Å². The fourth-order valence-electron chi connectivity index (χ4n) is 2.52. The standard InChI is InChI=1S/C17H19ClN4OS/c1-12-4-5-13(10-14(12)18)20-16(23)11-24-17-19-7-6-15(21-17)22-8-2-3-9-22/h4-7,10H,2-3,8-9,11H2,1H3,(H,20,23). The maximum absolute atomic E-state index is 12.1. The van der Waals surface area contributed by atoms with Gasteiger partial charge in [-0.2, -0.15) is 0 Å². The van der Waals surface area contributed by atoms with Crippen molar-refractivity contribution in [3.05, 3.63) is 41.0 Å². The molecule has 1 N–H and O–H groups in total. The Morgan fingerprint density at radius 2 is 2.12 bits per heavy atom. The second kappa shape index (κ2) is 7.85. The zero-order chi connectivity index (χ0) is 16.9. The first kappa shape index (κ1) is 17.0. The second-order valence-corrected chi connectivity index (χ2v) is 7.04. The number of aryl methyl sites for hydroxylation is 1. The molecule has 0 atom stereocenters. The summed E-state index contributed by atoms with van der Waals surface area (Å²) in [6, 6.07) is 7.40. The van der Waals surface area contributed by atoms with Gasteiger partial charge in [0.05, 0.1) is 5.75 Å². The van der Waals surface area contributed by atoms with Crippen LogP contribution >= 0.6 is 23.4 Å². The quantitative estimate of drug-likeness (QED) is 0.648. The fourth-order valence-corrected chi connectivity index (χ4v) is 3.33. The van der Waals surface area contributed by atoms with Gasteiger partial charge in [-0.3, -0.25) is 4.79 Å². The summed E-state index contributed by atoms with van der Waals surface area (Å²) in [7, 11) is 0. The van der Waals surface area contributed by atoms with Crippen LogP contribution in [-0.2, 0) is 4.79 Å². The first-order chi connectivity index (χ1) is 11.6. The molecule has 24 heavy (non-hydrogen) atoms. The van der Waals surface area contributed by atoms with Crippen molar-refractivity contribution in [1.82, 2.24) is 9.97 Å². The van der Waals surface area contributed by atoms with E-state index >= 15 is 0 Å². The summed E-state index contributed by atoms with van der Waals surface area (Å²) >= 11 is 7.40.